The molecule has 1 aromatic carbocycles. The van der Waals surface area contributed by atoms with Crippen molar-refractivity contribution in [2.45, 2.75) is 11.4 Å². The highest BCUT2D eigenvalue weighted by Crippen LogP contribution is 2.16. The van der Waals surface area contributed by atoms with Gasteiger partial charge in [-0.3, -0.25) is 0 Å². The summed E-state index contributed by atoms with van der Waals surface area (Å²) < 4.78 is 25.1. The molecule has 2 rings (SSSR count). The van der Waals surface area contributed by atoms with E-state index in [1.807, 2.05) is 0 Å². The van der Waals surface area contributed by atoms with E-state index in [4.69, 9.17) is 5.11 Å². The van der Waals surface area contributed by atoms with Crippen LogP contribution in [0.3, 0.4) is 0 Å². The molecule has 2 N–H and O–H groups in total. The van der Waals surface area contributed by atoms with Crippen LogP contribution in [0, 0.1) is 0 Å². The molecular weight excluding hydrogens is 320 g/mol. The first-order valence-corrected chi connectivity index (χ1v) is 8.05. The van der Waals surface area contributed by atoms with E-state index >= 15 is 0 Å². The lowest BCUT2D eigenvalue weighted by Crippen LogP contribution is -2.22. The van der Waals surface area contributed by atoms with Crippen molar-refractivity contribution < 1.29 is 18.3 Å². The number of hydrogen-bond donors (Lipinski definition) is 2. The van der Waals surface area contributed by atoms with E-state index < -0.39 is 16.0 Å². The highest BCUT2D eigenvalue weighted by Gasteiger charge is 2.16. The summed E-state index contributed by atoms with van der Waals surface area (Å²) in [6.07, 6.45) is 2.46. The van der Waals surface area contributed by atoms with Crippen molar-refractivity contribution in [1.82, 2.24) is 14.3 Å². The van der Waals surface area contributed by atoms with Gasteiger partial charge in [-0.15, -0.1) is 0 Å². The Morgan fingerprint density at radius 3 is 2.48 bits per heavy atom. The van der Waals surface area contributed by atoms with Crippen LogP contribution in [-0.2, 0) is 16.6 Å². The summed E-state index contributed by atoms with van der Waals surface area (Å²) in [4.78, 5) is 18.8. The van der Waals surface area contributed by atoms with Crippen molar-refractivity contribution >= 4 is 21.8 Å². The minimum Gasteiger partial charge on any atom is -0.477 e. The highest BCUT2D eigenvalue weighted by atomic mass is 32.2. The number of benzene rings is 1. The van der Waals surface area contributed by atoms with Gasteiger partial charge in [0.1, 0.15) is 17.7 Å². The van der Waals surface area contributed by atoms with E-state index in [9.17, 15) is 13.2 Å². The van der Waals surface area contributed by atoms with Crippen molar-refractivity contribution in [3.63, 3.8) is 0 Å². The lowest BCUT2D eigenvalue weighted by Gasteiger charge is -2.12. The summed E-state index contributed by atoms with van der Waals surface area (Å²) in [5.41, 5.74) is 0.761. The van der Waals surface area contributed by atoms with Gasteiger partial charge in [-0.05, 0) is 17.7 Å². The molecule has 0 unspecified atom stereocenters. The van der Waals surface area contributed by atoms with E-state index in [1.54, 1.807) is 12.1 Å². The SMILES string of the molecule is CN(C)S(=O)(=O)c1ccc(CNc2ncncc2C(=O)O)cc1. The molecule has 0 saturated carbocycles. The van der Waals surface area contributed by atoms with E-state index in [0.29, 0.717) is 6.54 Å². The standard InChI is InChI=1S/C14H16N4O4S/c1-18(2)23(21,22)11-5-3-10(4-6-11)7-16-13-12(14(19)20)8-15-9-17-13/h3-6,8-9H,7H2,1-2H3,(H,19,20)(H,15,16,17). The molecule has 0 atom stereocenters. The van der Waals surface area contributed by atoms with Crippen molar-refractivity contribution in [2.24, 2.45) is 0 Å². The Morgan fingerprint density at radius 1 is 1.26 bits per heavy atom. The highest BCUT2D eigenvalue weighted by molar-refractivity contribution is 7.89. The molecule has 122 valence electrons. The average Bonchev–Trinajstić information content (AvgIpc) is 2.53. The normalized spacial score (nSPS) is 11.4. The average molecular weight is 336 g/mol. The number of nitrogens with one attached hydrogen (secondary N) is 1. The molecule has 0 saturated heterocycles. The third kappa shape index (κ3) is 3.82. The Balaban J connectivity index is 2.13. The van der Waals surface area contributed by atoms with E-state index in [1.165, 1.54) is 38.8 Å². The summed E-state index contributed by atoms with van der Waals surface area (Å²) in [5, 5.41) is 11.9. The van der Waals surface area contributed by atoms with Crippen LogP contribution in [0.2, 0.25) is 0 Å². The Kier molecular flexibility index (Phi) is 4.92. The van der Waals surface area contributed by atoms with Gasteiger partial charge in [0, 0.05) is 26.8 Å². The summed E-state index contributed by atoms with van der Waals surface area (Å²) in [7, 11) is -0.533. The Hall–Kier alpha value is -2.52. The summed E-state index contributed by atoms with van der Waals surface area (Å²) in [6.45, 7) is 0.305. The maximum Gasteiger partial charge on any atom is 0.341 e. The third-order valence-corrected chi connectivity index (χ3v) is 4.93. The van der Waals surface area contributed by atoms with Gasteiger partial charge in [-0.2, -0.15) is 0 Å². The zero-order valence-electron chi connectivity index (χ0n) is 12.6. The summed E-state index contributed by atoms with van der Waals surface area (Å²) in [5.74, 6) is -0.919. The van der Waals surface area contributed by atoms with Gasteiger partial charge in [0.15, 0.2) is 0 Å². The number of aromatic carboxylic acids is 1. The molecule has 2 aromatic rings. The lowest BCUT2D eigenvalue weighted by atomic mass is 10.2. The van der Waals surface area contributed by atoms with Crippen LogP contribution in [0.1, 0.15) is 15.9 Å². The molecule has 0 fully saturated rings. The van der Waals surface area contributed by atoms with Crippen LogP contribution in [0.15, 0.2) is 41.7 Å². The van der Waals surface area contributed by atoms with E-state index in [2.05, 4.69) is 15.3 Å². The van der Waals surface area contributed by atoms with Crippen LogP contribution in [0.4, 0.5) is 5.82 Å². The third-order valence-electron chi connectivity index (χ3n) is 3.10. The number of hydrogen-bond acceptors (Lipinski definition) is 6. The molecule has 0 aliphatic heterocycles. The molecule has 0 spiro atoms. The fourth-order valence-electron chi connectivity index (χ4n) is 1.80. The molecule has 1 aromatic heterocycles. The second-order valence-electron chi connectivity index (χ2n) is 4.88. The molecule has 0 radical (unpaired) electrons. The molecule has 0 aliphatic rings. The molecule has 1 heterocycles. The van der Waals surface area contributed by atoms with Crippen molar-refractivity contribution in [1.29, 1.82) is 0 Å². The van der Waals surface area contributed by atoms with E-state index in [0.717, 1.165) is 9.87 Å². The van der Waals surface area contributed by atoms with Crippen LogP contribution < -0.4 is 5.32 Å². The van der Waals surface area contributed by atoms with Crippen molar-refractivity contribution in [3.8, 4) is 0 Å². The number of nitrogens with zero attached hydrogens (tertiary/aromatic N) is 3. The first-order chi connectivity index (χ1) is 10.8. The monoisotopic (exact) mass is 336 g/mol. The van der Waals surface area contributed by atoms with Crippen molar-refractivity contribution in [2.75, 3.05) is 19.4 Å². The Morgan fingerprint density at radius 2 is 1.91 bits per heavy atom. The van der Waals surface area contributed by atoms with Crippen LogP contribution in [-0.4, -0.2) is 47.9 Å². The minimum absolute atomic E-state index is 0.0284. The predicted molar refractivity (Wildman–Crippen MR) is 83.6 cm³/mol. The first kappa shape index (κ1) is 16.8. The molecule has 8 nitrogen and oxygen atoms in total. The number of sulfonamides is 1. The Labute approximate surface area is 133 Å². The Bertz CT molecular complexity index is 804. The second-order valence-corrected chi connectivity index (χ2v) is 7.03. The largest absolute Gasteiger partial charge is 0.477 e. The van der Waals surface area contributed by atoms with Gasteiger partial charge >= 0.3 is 5.97 Å². The quantitative estimate of drug-likeness (QED) is 0.810. The number of anilines is 1. The van der Waals surface area contributed by atoms with Gasteiger partial charge in [0.2, 0.25) is 10.0 Å². The smallest absolute Gasteiger partial charge is 0.341 e. The van der Waals surface area contributed by atoms with Gasteiger partial charge in [-0.25, -0.2) is 27.5 Å². The molecule has 23 heavy (non-hydrogen) atoms. The molecule has 0 amide bonds. The van der Waals surface area contributed by atoms with Crippen LogP contribution in [0.5, 0.6) is 0 Å². The second kappa shape index (κ2) is 6.71. The van der Waals surface area contributed by atoms with Gasteiger partial charge in [-0.1, -0.05) is 12.1 Å². The molecule has 0 bridgehead atoms. The predicted octanol–water partition coefficient (Wildman–Crippen LogP) is 1.04. The lowest BCUT2D eigenvalue weighted by molar-refractivity contribution is 0.0697. The first-order valence-electron chi connectivity index (χ1n) is 6.61. The van der Waals surface area contributed by atoms with Gasteiger partial charge < -0.3 is 10.4 Å². The maximum absolute atomic E-state index is 12.0. The zero-order valence-corrected chi connectivity index (χ0v) is 13.4. The van der Waals surface area contributed by atoms with Crippen molar-refractivity contribution in [3.05, 3.63) is 47.9 Å². The number of carboxylic acids is 1. The number of carbonyl (C=O) groups is 1. The van der Waals surface area contributed by atoms with Crippen LogP contribution >= 0.6 is 0 Å². The summed E-state index contributed by atoms with van der Waals surface area (Å²) >= 11 is 0. The number of carboxylic acid groups (broad SMARTS) is 1. The molecule has 0 aliphatic carbocycles. The zero-order chi connectivity index (χ0) is 17.0. The number of rotatable bonds is 6. The van der Waals surface area contributed by atoms with Gasteiger partial charge in [0.25, 0.3) is 0 Å². The van der Waals surface area contributed by atoms with E-state index in [-0.39, 0.29) is 16.3 Å². The minimum atomic E-state index is -3.46. The molecular formula is C14H16N4O4S. The molecule has 9 heteroatoms. The van der Waals surface area contributed by atoms with Crippen LogP contribution in [0.25, 0.3) is 0 Å². The topological polar surface area (TPSA) is 112 Å². The maximum atomic E-state index is 12.0. The van der Waals surface area contributed by atoms with Gasteiger partial charge in [0.05, 0.1) is 4.90 Å². The fourth-order valence-corrected chi connectivity index (χ4v) is 2.70. The number of aromatic nitrogens is 2. The summed E-state index contributed by atoms with van der Waals surface area (Å²) in [6, 6.07) is 6.32. The fraction of sp³-hybridized carbons (Fsp3) is 0.214.